The Morgan fingerprint density at radius 3 is 2.83 bits per heavy atom. The maximum absolute atomic E-state index is 10.8. The van der Waals surface area contributed by atoms with Crippen molar-refractivity contribution < 1.29 is 4.92 Å². The number of hydrogen-bond acceptors (Lipinski definition) is 4. The maximum atomic E-state index is 10.8. The highest BCUT2D eigenvalue weighted by Crippen LogP contribution is 2.25. The van der Waals surface area contributed by atoms with Gasteiger partial charge in [-0.25, -0.2) is 0 Å². The molecule has 0 aliphatic carbocycles. The summed E-state index contributed by atoms with van der Waals surface area (Å²) < 4.78 is 0. The molecule has 0 bridgehead atoms. The first-order chi connectivity index (χ1) is 8.59. The van der Waals surface area contributed by atoms with Gasteiger partial charge < -0.3 is 10.2 Å². The molecule has 18 heavy (non-hydrogen) atoms. The van der Waals surface area contributed by atoms with E-state index in [1.54, 1.807) is 13.0 Å². The lowest BCUT2D eigenvalue weighted by Gasteiger charge is -2.33. The lowest BCUT2D eigenvalue weighted by Crippen LogP contribution is -2.44. The Labute approximate surface area is 107 Å². The first kappa shape index (κ1) is 12.8. The Kier molecular flexibility index (Phi) is 3.81. The van der Waals surface area contributed by atoms with Gasteiger partial charge in [0.25, 0.3) is 5.69 Å². The third-order valence-corrected chi connectivity index (χ3v) is 3.60. The van der Waals surface area contributed by atoms with Gasteiger partial charge in [-0.1, -0.05) is 0 Å². The SMILES string of the molecule is Cc1cc(N(C)C2CCCNC2)ccc1[N+](=O)[O-]. The van der Waals surface area contributed by atoms with E-state index in [0.29, 0.717) is 11.6 Å². The molecule has 1 fully saturated rings. The predicted octanol–water partition coefficient (Wildman–Crippen LogP) is 2.09. The number of hydrogen-bond donors (Lipinski definition) is 1. The summed E-state index contributed by atoms with van der Waals surface area (Å²) in [4.78, 5) is 12.7. The molecule has 0 radical (unpaired) electrons. The Morgan fingerprint density at radius 2 is 2.28 bits per heavy atom. The van der Waals surface area contributed by atoms with E-state index in [2.05, 4.69) is 17.3 Å². The molecule has 1 aromatic carbocycles. The molecule has 0 amide bonds. The largest absolute Gasteiger partial charge is 0.370 e. The van der Waals surface area contributed by atoms with Gasteiger partial charge in [-0.2, -0.15) is 0 Å². The molecule has 1 aromatic rings. The Morgan fingerprint density at radius 1 is 1.50 bits per heavy atom. The van der Waals surface area contributed by atoms with Gasteiger partial charge in [-0.15, -0.1) is 0 Å². The van der Waals surface area contributed by atoms with Crippen LogP contribution in [0.4, 0.5) is 11.4 Å². The number of anilines is 1. The van der Waals surface area contributed by atoms with Crippen LogP contribution in [0.2, 0.25) is 0 Å². The number of benzene rings is 1. The highest BCUT2D eigenvalue weighted by atomic mass is 16.6. The van der Waals surface area contributed by atoms with E-state index in [1.807, 2.05) is 12.1 Å². The van der Waals surface area contributed by atoms with Crippen LogP contribution in [0.25, 0.3) is 0 Å². The number of rotatable bonds is 3. The quantitative estimate of drug-likeness (QED) is 0.658. The number of nitrogens with zero attached hydrogens (tertiary/aromatic N) is 2. The van der Waals surface area contributed by atoms with Gasteiger partial charge in [0.1, 0.15) is 0 Å². The van der Waals surface area contributed by atoms with Gasteiger partial charge in [-0.3, -0.25) is 10.1 Å². The number of nitrogens with one attached hydrogen (secondary N) is 1. The minimum atomic E-state index is -0.332. The third kappa shape index (κ3) is 2.61. The molecule has 1 heterocycles. The molecular weight excluding hydrogens is 230 g/mol. The zero-order chi connectivity index (χ0) is 13.1. The molecule has 98 valence electrons. The minimum absolute atomic E-state index is 0.189. The van der Waals surface area contributed by atoms with Crippen molar-refractivity contribution in [2.75, 3.05) is 25.0 Å². The van der Waals surface area contributed by atoms with Crippen LogP contribution >= 0.6 is 0 Å². The summed E-state index contributed by atoms with van der Waals surface area (Å²) in [6.07, 6.45) is 2.35. The van der Waals surface area contributed by atoms with E-state index in [9.17, 15) is 10.1 Å². The van der Waals surface area contributed by atoms with Crippen molar-refractivity contribution in [3.63, 3.8) is 0 Å². The van der Waals surface area contributed by atoms with Crippen LogP contribution in [0.3, 0.4) is 0 Å². The topological polar surface area (TPSA) is 58.4 Å². The summed E-state index contributed by atoms with van der Waals surface area (Å²) in [5.41, 5.74) is 1.95. The molecule has 5 nitrogen and oxygen atoms in total. The Hall–Kier alpha value is -1.62. The van der Waals surface area contributed by atoms with Gasteiger partial charge in [-0.05, 0) is 38.4 Å². The second-order valence-electron chi connectivity index (χ2n) is 4.84. The van der Waals surface area contributed by atoms with E-state index in [0.717, 1.165) is 18.8 Å². The summed E-state index contributed by atoms with van der Waals surface area (Å²) in [5.74, 6) is 0. The summed E-state index contributed by atoms with van der Waals surface area (Å²) in [7, 11) is 2.05. The van der Waals surface area contributed by atoms with E-state index in [4.69, 9.17) is 0 Å². The van der Waals surface area contributed by atoms with Crippen LogP contribution in [0.15, 0.2) is 18.2 Å². The normalized spacial score (nSPS) is 19.6. The Bertz CT molecular complexity index is 442. The third-order valence-electron chi connectivity index (χ3n) is 3.60. The van der Waals surface area contributed by atoms with E-state index >= 15 is 0 Å². The average Bonchev–Trinajstić information content (AvgIpc) is 2.38. The van der Waals surface area contributed by atoms with Crippen molar-refractivity contribution in [1.29, 1.82) is 0 Å². The van der Waals surface area contributed by atoms with Crippen molar-refractivity contribution in [2.45, 2.75) is 25.8 Å². The fraction of sp³-hybridized carbons (Fsp3) is 0.538. The van der Waals surface area contributed by atoms with Crippen molar-refractivity contribution in [3.8, 4) is 0 Å². The highest BCUT2D eigenvalue weighted by molar-refractivity contribution is 5.55. The average molecular weight is 249 g/mol. The lowest BCUT2D eigenvalue weighted by atomic mass is 10.0. The molecule has 0 saturated carbocycles. The zero-order valence-electron chi connectivity index (χ0n) is 10.8. The summed E-state index contributed by atoms with van der Waals surface area (Å²) >= 11 is 0. The number of nitro benzene ring substituents is 1. The predicted molar refractivity (Wildman–Crippen MR) is 72.1 cm³/mol. The zero-order valence-corrected chi connectivity index (χ0v) is 10.8. The van der Waals surface area contributed by atoms with Crippen LogP contribution in [0, 0.1) is 17.0 Å². The number of likely N-dealkylation sites (N-methyl/N-ethyl adjacent to an activating group) is 1. The monoisotopic (exact) mass is 249 g/mol. The standard InChI is InChI=1S/C13H19N3O2/c1-10-8-11(5-6-13(10)16(17)18)15(2)12-4-3-7-14-9-12/h5-6,8,12,14H,3-4,7,9H2,1-2H3. The molecule has 1 saturated heterocycles. The summed E-state index contributed by atoms with van der Waals surface area (Å²) in [6.45, 7) is 3.85. The molecule has 1 atom stereocenters. The first-order valence-corrected chi connectivity index (χ1v) is 6.28. The van der Waals surface area contributed by atoms with Gasteiger partial charge >= 0.3 is 0 Å². The van der Waals surface area contributed by atoms with Crippen molar-refractivity contribution in [2.24, 2.45) is 0 Å². The summed E-state index contributed by atoms with van der Waals surface area (Å²) in [5, 5.41) is 14.2. The van der Waals surface area contributed by atoms with Gasteiger partial charge in [0.15, 0.2) is 0 Å². The summed E-state index contributed by atoms with van der Waals surface area (Å²) in [6, 6.07) is 5.80. The minimum Gasteiger partial charge on any atom is -0.370 e. The second kappa shape index (κ2) is 5.35. The Balaban J connectivity index is 2.17. The fourth-order valence-electron chi connectivity index (χ4n) is 2.44. The molecule has 0 aromatic heterocycles. The molecule has 0 spiro atoms. The fourth-order valence-corrected chi connectivity index (χ4v) is 2.44. The number of nitro groups is 1. The second-order valence-corrected chi connectivity index (χ2v) is 4.84. The van der Waals surface area contributed by atoms with Crippen LogP contribution < -0.4 is 10.2 Å². The van der Waals surface area contributed by atoms with E-state index in [-0.39, 0.29) is 10.6 Å². The van der Waals surface area contributed by atoms with Crippen molar-refractivity contribution in [1.82, 2.24) is 5.32 Å². The van der Waals surface area contributed by atoms with Crippen molar-refractivity contribution in [3.05, 3.63) is 33.9 Å². The molecule has 1 aliphatic rings. The molecule has 5 heteroatoms. The van der Waals surface area contributed by atoms with Crippen molar-refractivity contribution >= 4 is 11.4 Å². The smallest absolute Gasteiger partial charge is 0.272 e. The lowest BCUT2D eigenvalue weighted by molar-refractivity contribution is -0.385. The first-order valence-electron chi connectivity index (χ1n) is 6.28. The molecule has 1 unspecified atom stereocenters. The van der Waals surface area contributed by atoms with E-state index in [1.165, 1.54) is 12.8 Å². The molecular formula is C13H19N3O2. The molecule has 1 aliphatic heterocycles. The van der Waals surface area contributed by atoms with Crippen LogP contribution in [0.1, 0.15) is 18.4 Å². The van der Waals surface area contributed by atoms with Gasteiger partial charge in [0, 0.05) is 37.0 Å². The van der Waals surface area contributed by atoms with Gasteiger partial charge in [0.2, 0.25) is 0 Å². The maximum Gasteiger partial charge on any atom is 0.272 e. The number of piperidine rings is 1. The van der Waals surface area contributed by atoms with Gasteiger partial charge in [0.05, 0.1) is 4.92 Å². The van der Waals surface area contributed by atoms with Crippen LogP contribution in [0.5, 0.6) is 0 Å². The highest BCUT2D eigenvalue weighted by Gasteiger charge is 2.19. The number of aryl methyl sites for hydroxylation is 1. The molecule has 1 N–H and O–H groups in total. The van der Waals surface area contributed by atoms with E-state index < -0.39 is 0 Å². The molecule has 2 rings (SSSR count). The van der Waals surface area contributed by atoms with Crippen LogP contribution in [-0.4, -0.2) is 31.1 Å². The van der Waals surface area contributed by atoms with Crippen LogP contribution in [-0.2, 0) is 0 Å².